The second-order valence-corrected chi connectivity index (χ2v) is 27.5. The van der Waals surface area contributed by atoms with Gasteiger partial charge in [0, 0.05) is 143 Å². The van der Waals surface area contributed by atoms with Gasteiger partial charge in [-0.15, -0.1) is 0 Å². The Hall–Kier alpha value is -10.2. The Morgan fingerprint density at radius 2 is 1.57 bits per heavy atom. The summed E-state index contributed by atoms with van der Waals surface area (Å²) in [6, 6.07) is 7.18. The van der Waals surface area contributed by atoms with Crippen molar-refractivity contribution in [2.24, 2.45) is 35.3 Å². The van der Waals surface area contributed by atoms with E-state index in [2.05, 4.69) is 36.8 Å². The van der Waals surface area contributed by atoms with E-state index in [0.717, 1.165) is 4.90 Å². The second-order valence-electron chi connectivity index (χ2n) is 27.5. The number of nitrogens with zero attached hydrogens (tertiary/aromatic N) is 3. The number of amides is 8. The van der Waals surface area contributed by atoms with Crippen LogP contribution in [0.2, 0.25) is 0 Å². The zero-order valence-electron chi connectivity index (χ0n) is 60.3. The fourth-order valence-corrected chi connectivity index (χ4v) is 13.4. The van der Waals surface area contributed by atoms with Gasteiger partial charge in [-0.05, 0) is 69.2 Å². The number of esters is 1. The highest BCUT2D eigenvalue weighted by atomic mass is 16.7. The van der Waals surface area contributed by atoms with Gasteiger partial charge < -0.3 is 86.0 Å². The Morgan fingerprint density at radius 3 is 2.23 bits per heavy atom. The van der Waals surface area contributed by atoms with Gasteiger partial charge in [0.1, 0.15) is 53.2 Å². The number of methoxy groups -OCH3 is 1. The summed E-state index contributed by atoms with van der Waals surface area (Å²) in [5, 5.41) is 52.1. The lowest BCUT2D eigenvalue weighted by molar-refractivity contribution is -0.160. The minimum absolute atomic E-state index is 0.0240. The van der Waals surface area contributed by atoms with Crippen molar-refractivity contribution in [1.29, 1.82) is 0 Å². The Bertz CT molecular complexity index is 4240. The molecule has 29 nitrogen and oxygen atoms in total. The first-order valence-corrected chi connectivity index (χ1v) is 35.0. The number of carbonyl (C=O) groups excluding carboxylic acids is 9. The minimum atomic E-state index is -2.18. The number of nitrogens with two attached hydrogens (primary N) is 1. The standard InChI is InChI=1S/C75H94N10O19/c1-38(2)59(81-53(87)20-13-12-14-31-85-54(88)25-26-55(85)89)73(97)80-49(19-16-28-78-74(76)98)72(96)79-47-23-21-46(22-24-47)37-100-51-35-48(84-32-29-77-30-33-84)36-52-60(51)82-61-56-57-65(92)44(8)68-58(56)70(94)75(10,104-68)101-34-27-50(99-11)41(5)67(102-45(9)86)43(7)64(91)42(6)63(90)39(3)17-15-18-40(4)71(95)83-62(66(57)93)69(61)103-52/h15,17-18,21-27,34-36,38-39,41-43,49-50,59,63-64,67,77,90-92H,12-14,16,19-20,28-33,37H2,1-11H3,(H,79,96)(H,80,97)(H,81,87)(H,83,95)(H3,76,78,98)/b17-15+,34-27+,40-18-/t39-,41+,42+,43+,49-,50-,59-,63-,64+,67+,75-/m0/s1. The number of ether oxygens (including phenoxy) is 5. The number of piperazine rings is 1. The van der Waals surface area contributed by atoms with E-state index in [0.29, 0.717) is 62.4 Å². The third-order valence-corrected chi connectivity index (χ3v) is 19.5. The number of hydrogen-bond donors (Lipinski definition) is 10. The number of aromatic hydroxyl groups is 1. The van der Waals surface area contributed by atoms with Gasteiger partial charge in [-0.1, -0.05) is 78.3 Å². The molecular weight excluding hydrogens is 1340 g/mol. The molecule has 11 atom stereocenters. The lowest BCUT2D eigenvalue weighted by atomic mass is 9.78. The zero-order chi connectivity index (χ0) is 75.6. The Morgan fingerprint density at radius 1 is 0.865 bits per heavy atom. The highest BCUT2D eigenvalue weighted by Gasteiger charge is 2.50. The molecule has 0 spiro atoms. The van der Waals surface area contributed by atoms with E-state index in [4.69, 9.17) is 38.8 Å². The number of phenols is 1. The van der Waals surface area contributed by atoms with E-state index in [1.165, 1.54) is 65.4 Å². The zero-order valence-corrected chi connectivity index (χ0v) is 60.3. The fourth-order valence-electron chi connectivity index (χ4n) is 13.4. The number of ketones is 1. The number of aromatic nitrogens is 1. The number of Topliss-reactive ketones (excluding diaryl/α,β-unsaturated/α-hetero) is 1. The number of rotatable bonds is 22. The van der Waals surface area contributed by atoms with Crippen LogP contribution >= 0.6 is 0 Å². The number of aliphatic hydroxyl groups excluding tert-OH is 2. The average Bonchev–Trinajstić information content (AvgIpc) is 1.43. The van der Waals surface area contributed by atoms with Crippen LogP contribution in [0.15, 0.2) is 93.9 Å². The third kappa shape index (κ3) is 17.7. The van der Waals surface area contributed by atoms with Crippen molar-refractivity contribution in [1.82, 2.24) is 31.2 Å². The smallest absolute Gasteiger partial charge is 0.312 e. The lowest BCUT2D eigenvalue weighted by Gasteiger charge is -2.38. The van der Waals surface area contributed by atoms with Crippen LogP contribution in [0.1, 0.15) is 122 Å². The van der Waals surface area contributed by atoms with Gasteiger partial charge >= 0.3 is 17.8 Å². The number of carbonyl (C=O) groups is 9. The SMILES string of the molecule is CO[C@H]1/C=C/O[C@@]2(C)Oc3c(C)c(O)c4c(=O)c(c5oc6cc(N7CCNCC7)cc(OCc7ccc(NC(=O)[C@H](CCCNC(N)=O)NC(=O)[C@@H](NC(=O)CCCCCN8C(=O)C=CC8=O)C(C)C)cc7)c6nc-5c4c3C2=O)NC(=O)/C(C)=C\C=C\[C@H](C)[C@H](O)[C@@H](C)[C@@H](O)[C@@H](C)[C@H](OC(C)=O)[C@@H]1C. The molecule has 5 aliphatic heterocycles. The molecule has 0 aromatic heterocycles. The van der Waals surface area contributed by atoms with Crippen molar-refractivity contribution in [3.8, 4) is 28.7 Å². The predicted molar refractivity (Wildman–Crippen MR) is 385 cm³/mol. The van der Waals surface area contributed by atoms with Gasteiger partial charge in [-0.2, -0.15) is 0 Å². The van der Waals surface area contributed by atoms with Gasteiger partial charge in [-0.25, -0.2) is 9.78 Å². The number of aliphatic hydroxyl groups is 2. The number of hydrogen-bond acceptors (Lipinski definition) is 22. The van der Waals surface area contributed by atoms with E-state index in [-0.39, 0.29) is 107 Å². The molecule has 0 unspecified atom stereocenters. The molecule has 6 aliphatic rings. The van der Waals surface area contributed by atoms with Gasteiger partial charge in [0.2, 0.25) is 23.2 Å². The van der Waals surface area contributed by atoms with Crippen LogP contribution in [0.5, 0.6) is 17.2 Å². The molecule has 0 radical (unpaired) electrons. The Kier molecular flexibility index (Phi) is 25.4. The van der Waals surface area contributed by atoms with Gasteiger partial charge in [-0.3, -0.25) is 48.1 Å². The quantitative estimate of drug-likeness (QED) is 0.0117. The molecule has 9 rings (SSSR count). The van der Waals surface area contributed by atoms with E-state index in [1.54, 1.807) is 90.1 Å². The van der Waals surface area contributed by atoms with Crippen molar-refractivity contribution in [3.63, 3.8) is 0 Å². The number of anilines is 3. The normalized spacial score (nSPS) is 24.2. The molecule has 558 valence electrons. The Balaban J connectivity index is 1.05. The van der Waals surface area contributed by atoms with Gasteiger partial charge in [0.15, 0.2) is 17.1 Å². The first-order chi connectivity index (χ1) is 49.4. The maximum Gasteiger partial charge on any atom is 0.312 e. The van der Waals surface area contributed by atoms with E-state index >= 15 is 9.59 Å². The number of imide groups is 1. The summed E-state index contributed by atoms with van der Waals surface area (Å²) in [5.74, 6) is -10.8. The molecule has 3 aromatic rings. The Labute approximate surface area is 601 Å². The summed E-state index contributed by atoms with van der Waals surface area (Å²) < 4.78 is 37.8. The van der Waals surface area contributed by atoms with Crippen molar-refractivity contribution in [2.45, 2.75) is 157 Å². The van der Waals surface area contributed by atoms with Crippen molar-refractivity contribution >= 4 is 92.2 Å². The molecule has 1 fully saturated rings. The van der Waals surface area contributed by atoms with Crippen molar-refractivity contribution in [2.75, 3.05) is 61.9 Å². The molecule has 5 heterocycles. The summed E-state index contributed by atoms with van der Waals surface area (Å²) >= 11 is 0. The van der Waals surface area contributed by atoms with E-state index < -0.39 is 136 Å². The van der Waals surface area contributed by atoms with Crippen molar-refractivity contribution < 1.29 is 86.6 Å². The van der Waals surface area contributed by atoms with Crippen LogP contribution in [0.4, 0.5) is 21.9 Å². The summed E-state index contributed by atoms with van der Waals surface area (Å²) in [6.07, 6.45) is 7.39. The topological polar surface area (TPSA) is 408 Å². The number of fused-ring (bicyclic) bond motifs is 2. The highest BCUT2D eigenvalue weighted by Crippen LogP contribution is 2.51. The first-order valence-electron chi connectivity index (χ1n) is 35.0. The van der Waals surface area contributed by atoms with Crippen molar-refractivity contribution in [3.05, 3.63) is 112 Å². The number of urea groups is 1. The summed E-state index contributed by atoms with van der Waals surface area (Å²) in [4.78, 5) is 143. The number of nitrogens with one attached hydrogen (secondary N) is 6. The molecule has 0 saturated carbocycles. The molecule has 29 heteroatoms. The fraction of sp³-hybridized carbons (Fsp3) is 0.480. The number of primary amides is 1. The summed E-state index contributed by atoms with van der Waals surface area (Å²) in [7, 11) is 1.42. The molecule has 4 bridgehead atoms. The predicted octanol–water partition coefficient (Wildman–Crippen LogP) is 6.44. The molecule has 3 aromatic carbocycles. The second kappa shape index (κ2) is 33.9. The molecule has 8 amide bonds. The average molecular weight is 1440 g/mol. The third-order valence-electron chi connectivity index (χ3n) is 19.5. The molecule has 104 heavy (non-hydrogen) atoms. The van der Waals surface area contributed by atoms with Crippen LogP contribution in [0, 0.1) is 36.5 Å². The monoisotopic (exact) mass is 1440 g/mol. The van der Waals surface area contributed by atoms with E-state index in [1.807, 2.05) is 0 Å². The number of unbranched alkanes of at least 4 members (excludes halogenated alkanes) is 2. The molecule has 1 aliphatic carbocycles. The van der Waals surface area contributed by atoms with Crippen LogP contribution in [-0.2, 0) is 54.4 Å². The number of allylic oxidation sites excluding steroid dienone is 2. The number of benzene rings is 4. The molecule has 1 saturated heterocycles. The maximum absolute atomic E-state index is 15.4. The van der Waals surface area contributed by atoms with Gasteiger partial charge in [0.25, 0.3) is 23.5 Å². The van der Waals surface area contributed by atoms with Gasteiger partial charge in [0.05, 0.1) is 35.5 Å². The van der Waals surface area contributed by atoms with Crippen LogP contribution in [0.25, 0.3) is 33.3 Å². The van der Waals surface area contributed by atoms with E-state index in [9.17, 15) is 53.7 Å². The maximum atomic E-state index is 15.4. The van der Waals surface area contributed by atoms with Crippen LogP contribution < -0.4 is 57.4 Å². The number of phenolic OH excluding ortho intramolecular Hbond substituents is 1. The molecule has 11 N–H and O–H groups in total. The largest absolute Gasteiger partial charge is 0.507 e. The lowest BCUT2D eigenvalue weighted by Crippen LogP contribution is -2.54. The first kappa shape index (κ1) is 77.9. The summed E-state index contributed by atoms with van der Waals surface area (Å²) in [6.45, 7) is 18.5. The summed E-state index contributed by atoms with van der Waals surface area (Å²) in [5.41, 5.74) is 5.37. The van der Waals surface area contributed by atoms with Crippen LogP contribution in [-0.4, -0.2) is 167 Å². The highest BCUT2D eigenvalue weighted by molar-refractivity contribution is 6.22. The van der Waals surface area contributed by atoms with Crippen LogP contribution in [0.3, 0.4) is 0 Å². The minimum Gasteiger partial charge on any atom is -0.507 e. The molecular formula is C75H94N10O19.